The molecule has 1 saturated heterocycles. The maximum atomic E-state index is 13.8. The molecule has 1 atom stereocenters. The molecule has 1 heterocycles. The molecule has 19 heavy (non-hydrogen) atoms. The van der Waals surface area contributed by atoms with E-state index in [4.69, 9.17) is 0 Å². The number of Topliss-reactive ketones (excluding diaryl/α,β-unsaturated/α-hetero) is 1. The van der Waals surface area contributed by atoms with Crippen LogP contribution in [0, 0.1) is 5.82 Å². The van der Waals surface area contributed by atoms with Crippen LogP contribution in [0.25, 0.3) is 0 Å². The smallest absolute Gasteiger partial charge is 0.185 e. The van der Waals surface area contributed by atoms with Crippen molar-refractivity contribution < 1.29 is 9.18 Å². The van der Waals surface area contributed by atoms with Crippen molar-refractivity contribution in [2.24, 2.45) is 0 Å². The highest BCUT2D eigenvalue weighted by molar-refractivity contribution is 6.03. The minimum atomic E-state index is -0.581. The number of hydrogen-bond donors (Lipinski definition) is 0. The summed E-state index contributed by atoms with van der Waals surface area (Å²) in [6.45, 7) is 5.83. The molecule has 0 aliphatic carbocycles. The molecular weight excluding hydrogens is 241 g/mol. The van der Waals surface area contributed by atoms with Crippen LogP contribution >= 0.6 is 0 Å². The van der Waals surface area contributed by atoms with Gasteiger partial charge in [0.1, 0.15) is 5.82 Å². The van der Waals surface area contributed by atoms with E-state index in [9.17, 15) is 9.18 Å². The number of carbonyl (C=O) groups is 1. The van der Waals surface area contributed by atoms with Gasteiger partial charge in [-0.25, -0.2) is 4.39 Å². The first-order chi connectivity index (χ1) is 9.09. The first-order valence-corrected chi connectivity index (χ1v) is 7.14. The molecule has 0 saturated carbocycles. The van der Waals surface area contributed by atoms with E-state index >= 15 is 0 Å². The van der Waals surface area contributed by atoms with E-state index in [-0.39, 0.29) is 11.3 Å². The zero-order valence-electron chi connectivity index (χ0n) is 11.8. The summed E-state index contributed by atoms with van der Waals surface area (Å²) in [5.41, 5.74) is -0.361. The molecule has 1 unspecified atom stereocenters. The first-order valence-electron chi connectivity index (χ1n) is 7.14. The van der Waals surface area contributed by atoms with Gasteiger partial charge in [-0.3, -0.25) is 9.69 Å². The molecule has 0 N–H and O–H groups in total. The van der Waals surface area contributed by atoms with Gasteiger partial charge in [0.25, 0.3) is 0 Å². The second-order valence-electron chi connectivity index (χ2n) is 5.48. The molecule has 1 aliphatic heterocycles. The van der Waals surface area contributed by atoms with Crippen LogP contribution < -0.4 is 0 Å². The lowest BCUT2D eigenvalue weighted by molar-refractivity contribution is 0.0501. The van der Waals surface area contributed by atoms with Gasteiger partial charge in [-0.05, 0) is 51.4 Å². The van der Waals surface area contributed by atoms with Gasteiger partial charge in [-0.2, -0.15) is 0 Å². The van der Waals surface area contributed by atoms with Crippen LogP contribution in [0.3, 0.4) is 0 Å². The Balaban J connectivity index is 2.30. The normalized spacial score (nSPS) is 19.9. The Bertz CT molecular complexity index is 454. The fraction of sp³-hybridized carbons (Fsp3) is 0.562. The zero-order valence-corrected chi connectivity index (χ0v) is 11.8. The molecule has 2 rings (SSSR count). The summed E-state index contributed by atoms with van der Waals surface area (Å²) < 4.78 is 13.8. The first kappa shape index (κ1) is 14.2. The van der Waals surface area contributed by atoms with Gasteiger partial charge in [0.05, 0.1) is 11.1 Å². The third-order valence-electron chi connectivity index (χ3n) is 4.35. The van der Waals surface area contributed by atoms with Crippen molar-refractivity contribution in [2.45, 2.75) is 45.1 Å². The molecule has 104 valence electrons. The quantitative estimate of drug-likeness (QED) is 0.773. The number of halogens is 1. The molecule has 0 radical (unpaired) electrons. The highest BCUT2D eigenvalue weighted by atomic mass is 19.1. The van der Waals surface area contributed by atoms with Crippen molar-refractivity contribution >= 4 is 5.78 Å². The molecule has 3 heteroatoms. The highest BCUT2D eigenvalue weighted by Crippen LogP contribution is 2.28. The number of likely N-dealkylation sites (tertiary alicyclic amines) is 1. The predicted molar refractivity (Wildman–Crippen MR) is 74.9 cm³/mol. The third kappa shape index (κ3) is 2.71. The van der Waals surface area contributed by atoms with Crippen molar-refractivity contribution in [2.75, 3.05) is 13.1 Å². The molecule has 0 aromatic heterocycles. The van der Waals surface area contributed by atoms with Crippen molar-refractivity contribution in [1.82, 2.24) is 4.90 Å². The SMILES string of the molecule is CCC(C)(C(=O)c1ccccc1F)N1CCCCC1. The Morgan fingerprint density at radius 3 is 2.47 bits per heavy atom. The van der Waals surface area contributed by atoms with Gasteiger partial charge >= 0.3 is 0 Å². The van der Waals surface area contributed by atoms with Crippen molar-refractivity contribution in [3.05, 3.63) is 35.6 Å². The van der Waals surface area contributed by atoms with Gasteiger partial charge in [-0.15, -0.1) is 0 Å². The van der Waals surface area contributed by atoms with Crippen molar-refractivity contribution in [1.29, 1.82) is 0 Å². The molecular formula is C16H22FNO. The molecule has 1 fully saturated rings. The topological polar surface area (TPSA) is 20.3 Å². The van der Waals surface area contributed by atoms with Crippen LogP contribution in [0.1, 0.15) is 49.9 Å². The number of hydrogen-bond acceptors (Lipinski definition) is 2. The van der Waals surface area contributed by atoms with Crippen molar-refractivity contribution in [3.8, 4) is 0 Å². The number of piperidine rings is 1. The van der Waals surface area contributed by atoms with Gasteiger partial charge < -0.3 is 0 Å². The minimum Gasteiger partial charge on any atom is -0.292 e. The summed E-state index contributed by atoms with van der Waals surface area (Å²) in [5, 5.41) is 0. The second kappa shape index (κ2) is 5.83. The number of ketones is 1. The summed E-state index contributed by atoms with van der Waals surface area (Å²) in [5.74, 6) is -0.501. The van der Waals surface area contributed by atoms with Crippen LogP contribution in [-0.4, -0.2) is 29.3 Å². The Morgan fingerprint density at radius 2 is 1.89 bits per heavy atom. The lowest BCUT2D eigenvalue weighted by Gasteiger charge is -2.41. The fourth-order valence-electron chi connectivity index (χ4n) is 2.85. The van der Waals surface area contributed by atoms with Crippen LogP contribution in [0.2, 0.25) is 0 Å². The van der Waals surface area contributed by atoms with Crippen LogP contribution in [0.15, 0.2) is 24.3 Å². The van der Waals surface area contributed by atoms with Gasteiger partial charge in [-0.1, -0.05) is 25.5 Å². The van der Waals surface area contributed by atoms with E-state index in [0.717, 1.165) is 25.9 Å². The number of benzene rings is 1. The lowest BCUT2D eigenvalue weighted by atomic mass is 9.85. The fourth-order valence-corrected chi connectivity index (χ4v) is 2.85. The Hall–Kier alpha value is -1.22. The minimum absolute atomic E-state index is 0.0880. The molecule has 1 aliphatic rings. The number of rotatable bonds is 4. The Kier molecular flexibility index (Phi) is 4.35. The van der Waals surface area contributed by atoms with Crippen LogP contribution in [0.5, 0.6) is 0 Å². The maximum Gasteiger partial charge on any atom is 0.185 e. The van der Waals surface area contributed by atoms with E-state index in [0.29, 0.717) is 6.42 Å². The molecule has 0 amide bonds. The standard InChI is InChI=1S/C16H22FNO/c1-3-16(2,18-11-7-4-8-12-18)15(19)13-9-5-6-10-14(13)17/h5-6,9-10H,3-4,7-8,11-12H2,1-2H3. The van der Waals surface area contributed by atoms with Crippen LogP contribution in [-0.2, 0) is 0 Å². The highest BCUT2D eigenvalue weighted by Gasteiger charge is 2.39. The van der Waals surface area contributed by atoms with Gasteiger partial charge in [0, 0.05) is 0 Å². The summed E-state index contributed by atoms with van der Waals surface area (Å²) in [7, 11) is 0. The Morgan fingerprint density at radius 1 is 1.26 bits per heavy atom. The maximum absolute atomic E-state index is 13.8. The largest absolute Gasteiger partial charge is 0.292 e. The molecule has 0 spiro atoms. The molecule has 0 bridgehead atoms. The van der Waals surface area contributed by atoms with Gasteiger partial charge in [0.2, 0.25) is 0 Å². The molecule has 1 aromatic rings. The van der Waals surface area contributed by atoms with E-state index in [2.05, 4.69) is 4.90 Å². The lowest BCUT2D eigenvalue weighted by Crippen LogP contribution is -2.54. The average Bonchev–Trinajstić information content (AvgIpc) is 2.47. The van der Waals surface area contributed by atoms with Crippen LogP contribution in [0.4, 0.5) is 4.39 Å². The van der Waals surface area contributed by atoms with Gasteiger partial charge in [0.15, 0.2) is 5.78 Å². The number of nitrogens with zero attached hydrogens (tertiary/aromatic N) is 1. The van der Waals surface area contributed by atoms with E-state index < -0.39 is 11.4 Å². The zero-order chi connectivity index (χ0) is 13.9. The average molecular weight is 263 g/mol. The van der Waals surface area contributed by atoms with E-state index in [1.54, 1.807) is 18.2 Å². The molecule has 2 nitrogen and oxygen atoms in total. The summed E-state index contributed by atoms with van der Waals surface area (Å²) in [6.07, 6.45) is 4.19. The second-order valence-corrected chi connectivity index (χ2v) is 5.48. The van der Waals surface area contributed by atoms with E-state index in [1.807, 2.05) is 13.8 Å². The number of carbonyl (C=O) groups excluding carboxylic acids is 1. The third-order valence-corrected chi connectivity index (χ3v) is 4.35. The summed E-state index contributed by atoms with van der Waals surface area (Å²) >= 11 is 0. The van der Waals surface area contributed by atoms with Crippen molar-refractivity contribution in [3.63, 3.8) is 0 Å². The predicted octanol–water partition coefficient (Wildman–Crippen LogP) is 3.66. The Labute approximate surface area is 114 Å². The summed E-state index contributed by atoms with van der Waals surface area (Å²) in [4.78, 5) is 15.0. The summed E-state index contributed by atoms with van der Waals surface area (Å²) in [6, 6.07) is 6.30. The molecule has 1 aromatic carbocycles. The monoisotopic (exact) mass is 263 g/mol. The van der Waals surface area contributed by atoms with E-state index in [1.165, 1.54) is 12.5 Å².